The lowest BCUT2D eigenvalue weighted by molar-refractivity contribution is 0.0676. The van der Waals surface area contributed by atoms with Crippen LogP contribution in [0.25, 0.3) is 0 Å². The zero-order valence-corrected chi connectivity index (χ0v) is 11.5. The summed E-state index contributed by atoms with van der Waals surface area (Å²) >= 11 is 0. The molecule has 20 heavy (non-hydrogen) atoms. The standard InChI is InChI=1S/C14H18N4O2/c1-11-13(16-10-20-11)14(19)18-5-2-12(3-6-18)8-17-7-4-15-9-17/h4,7,9-10,12H,2-3,5-6,8H2,1H3. The molecule has 0 saturated carbocycles. The van der Waals surface area contributed by atoms with Crippen LogP contribution in [0, 0.1) is 12.8 Å². The van der Waals surface area contributed by atoms with E-state index >= 15 is 0 Å². The summed E-state index contributed by atoms with van der Waals surface area (Å²) < 4.78 is 7.20. The van der Waals surface area contributed by atoms with Gasteiger partial charge in [-0.3, -0.25) is 4.79 Å². The zero-order chi connectivity index (χ0) is 13.9. The van der Waals surface area contributed by atoms with Crippen LogP contribution < -0.4 is 0 Å². The molecule has 1 saturated heterocycles. The number of likely N-dealkylation sites (tertiary alicyclic amines) is 1. The molecule has 3 rings (SSSR count). The fourth-order valence-corrected chi connectivity index (χ4v) is 2.67. The third kappa shape index (κ3) is 2.59. The molecule has 1 aliphatic rings. The number of aryl methyl sites for hydroxylation is 1. The van der Waals surface area contributed by atoms with E-state index in [0.717, 1.165) is 32.5 Å². The van der Waals surface area contributed by atoms with Crippen LogP contribution >= 0.6 is 0 Å². The van der Waals surface area contributed by atoms with Crippen LogP contribution in [0.4, 0.5) is 0 Å². The molecular formula is C14H18N4O2. The first-order chi connectivity index (χ1) is 9.74. The molecule has 1 amide bonds. The molecule has 2 aromatic heterocycles. The Morgan fingerprint density at radius 2 is 2.25 bits per heavy atom. The van der Waals surface area contributed by atoms with Gasteiger partial charge in [-0.2, -0.15) is 0 Å². The minimum absolute atomic E-state index is 0.0164. The van der Waals surface area contributed by atoms with Crippen LogP contribution in [0.1, 0.15) is 29.1 Å². The lowest BCUT2D eigenvalue weighted by Crippen LogP contribution is -2.39. The third-order valence-corrected chi connectivity index (χ3v) is 3.88. The molecule has 0 N–H and O–H groups in total. The molecule has 0 atom stereocenters. The second-order valence-electron chi connectivity index (χ2n) is 5.25. The number of nitrogens with zero attached hydrogens (tertiary/aromatic N) is 4. The first kappa shape index (κ1) is 12.9. The minimum atomic E-state index is -0.0164. The van der Waals surface area contributed by atoms with Gasteiger partial charge in [-0.15, -0.1) is 0 Å². The summed E-state index contributed by atoms with van der Waals surface area (Å²) in [5, 5.41) is 0. The summed E-state index contributed by atoms with van der Waals surface area (Å²) in [7, 11) is 0. The Labute approximate surface area is 117 Å². The Morgan fingerprint density at radius 3 is 2.85 bits per heavy atom. The fourth-order valence-electron chi connectivity index (χ4n) is 2.67. The predicted molar refractivity (Wildman–Crippen MR) is 72.1 cm³/mol. The number of carbonyl (C=O) groups is 1. The van der Waals surface area contributed by atoms with Crippen molar-refractivity contribution in [2.45, 2.75) is 26.3 Å². The lowest BCUT2D eigenvalue weighted by Gasteiger charge is -2.31. The van der Waals surface area contributed by atoms with Crippen molar-refractivity contribution in [1.29, 1.82) is 0 Å². The van der Waals surface area contributed by atoms with Crippen LogP contribution in [0.3, 0.4) is 0 Å². The summed E-state index contributed by atoms with van der Waals surface area (Å²) in [5.74, 6) is 1.18. The van der Waals surface area contributed by atoms with Crippen LogP contribution in [0.2, 0.25) is 0 Å². The Balaban J connectivity index is 1.56. The maximum Gasteiger partial charge on any atom is 0.276 e. The summed E-state index contributed by atoms with van der Waals surface area (Å²) in [6.45, 7) is 4.31. The van der Waals surface area contributed by atoms with Gasteiger partial charge in [0.1, 0.15) is 5.76 Å². The topological polar surface area (TPSA) is 64.2 Å². The summed E-state index contributed by atoms with van der Waals surface area (Å²) in [6.07, 6.45) is 8.98. The van der Waals surface area contributed by atoms with Crippen LogP contribution in [-0.2, 0) is 6.54 Å². The Bertz CT molecular complexity index is 568. The van der Waals surface area contributed by atoms with E-state index in [1.807, 2.05) is 17.4 Å². The molecule has 106 valence electrons. The van der Waals surface area contributed by atoms with Crippen LogP contribution in [0.5, 0.6) is 0 Å². The fraction of sp³-hybridized carbons (Fsp3) is 0.500. The maximum absolute atomic E-state index is 12.3. The Kier molecular flexibility index (Phi) is 3.54. The monoisotopic (exact) mass is 274 g/mol. The molecule has 6 heteroatoms. The number of piperidine rings is 1. The first-order valence-electron chi connectivity index (χ1n) is 6.89. The summed E-state index contributed by atoms with van der Waals surface area (Å²) in [5.41, 5.74) is 0.443. The molecule has 6 nitrogen and oxygen atoms in total. The van der Waals surface area contributed by atoms with E-state index in [2.05, 4.69) is 14.5 Å². The smallest absolute Gasteiger partial charge is 0.276 e. The van der Waals surface area contributed by atoms with E-state index in [0.29, 0.717) is 17.4 Å². The highest BCUT2D eigenvalue weighted by Crippen LogP contribution is 2.21. The average Bonchev–Trinajstić information content (AvgIpc) is 3.10. The molecule has 0 spiro atoms. The average molecular weight is 274 g/mol. The highest BCUT2D eigenvalue weighted by Gasteiger charge is 2.26. The molecule has 0 unspecified atom stereocenters. The highest BCUT2D eigenvalue weighted by molar-refractivity contribution is 5.93. The van der Waals surface area contributed by atoms with Crippen molar-refractivity contribution in [3.8, 4) is 0 Å². The molecule has 1 fully saturated rings. The van der Waals surface area contributed by atoms with Crippen LogP contribution in [-0.4, -0.2) is 38.4 Å². The van der Waals surface area contributed by atoms with Gasteiger partial charge in [0.25, 0.3) is 5.91 Å². The van der Waals surface area contributed by atoms with Crippen molar-refractivity contribution in [2.75, 3.05) is 13.1 Å². The number of hydrogen-bond acceptors (Lipinski definition) is 4. The van der Waals surface area contributed by atoms with Gasteiger partial charge in [-0.25, -0.2) is 9.97 Å². The maximum atomic E-state index is 12.3. The SMILES string of the molecule is Cc1ocnc1C(=O)N1CCC(Cn2ccnc2)CC1. The van der Waals surface area contributed by atoms with Crippen molar-refractivity contribution >= 4 is 5.91 Å². The van der Waals surface area contributed by atoms with Gasteiger partial charge in [0.2, 0.25) is 0 Å². The third-order valence-electron chi connectivity index (χ3n) is 3.88. The van der Waals surface area contributed by atoms with Crippen molar-refractivity contribution in [2.24, 2.45) is 5.92 Å². The Hall–Kier alpha value is -2.11. The van der Waals surface area contributed by atoms with Crippen molar-refractivity contribution in [1.82, 2.24) is 19.4 Å². The van der Waals surface area contributed by atoms with Crippen LogP contribution in [0.15, 0.2) is 29.5 Å². The number of oxazole rings is 1. The van der Waals surface area contributed by atoms with Gasteiger partial charge in [-0.05, 0) is 25.7 Å². The van der Waals surface area contributed by atoms with Gasteiger partial charge < -0.3 is 13.9 Å². The molecule has 0 aliphatic carbocycles. The quantitative estimate of drug-likeness (QED) is 0.855. The second kappa shape index (κ2) is 5.48. The number of imidazole rings is 1. The summed E-state index contributed by atoms with van der Waals surface area (Å²) in [4.78, 5) is 22.2. The predicted octanol–water partition coefficient (Wildman–Crippen LogP) is 1.73. The van der Waals surface area contributed by atoms with Gasteiger partial charge in [-0.1, -0.05) is 0 Å². The molecule has 1 aliphatic heterocycles. The second-order valence-corrected chi connectivity index (χ2v) is 5.25. The molecule has 0 radical (unpaired) electrons. The summed E-state index contributed by atoms with van der Waals surface area (Å²) in [6, 6.07) is 0. The van der Waals surface area contributed by atoms with Crippen molar-refractivity contribution < 1.29 is 9.21 Å². The van der Waals surface area contributed by atoms with Crippen molar-refractivity contribution in [3.05, 3.63) is 36.6 Å². The molecule has 0 aromatic carbocycles. The number of amides is 1. The first-order valence-corrected chi connectivity index (χ1v) is 6.89. The van der Waals surface area contributed by atoms with E-state index < -0.39 is 0 Å². The van der Waals surface area contributed by atoms with E-state index in [4.69, 9.17) is 4.42 Å². The van der Waals surface area contributed by atoms with E-state index in [1.165, 1.54) is 6.39 Å². The number of rotatable bonds is 3. The van der Waals surface area contributed by atoms with E-state index in [1.54, 1.807) is 13.1 Å². The van der Waals surface area contributed by atoms with Gasteiger partial charge in [0.15, 0.2) is 12.1 Å². The molecule has 0 bridgehead atoms. The minimum Gasteiger partial charge on any atom is -0.448 e. The van der Waals surface area contributed by atoms with Crippen molar-refractivity contribution in [3.63, 3.8) is 0 Å². The lowest BCUT2D eigenvalue weighted by atomic mass is 9.96. The van der Waals surface area contributed by atoms with E-state index in [9.17, 15) is 4.79 Å². The zero-order valence-electron chi connectivity index (χ0n) is 11.5. The number of hydrogen-bond donors (Lipinski definition) is 0. The Morgan fingerprint density at radius 1 is 1.45 bits per heavy atom. The molecule has 3 heterocycles. The van der Waals surface area contributed by atoms with Gasteiger partial charge >= 0.3 is 0 Å². The van der Waals surface area contributed by atoms with E-state index in [-0.39, 0.29) is 5.91 Å². The number of carbonyl (C=O) groups excluding carboxylic acids is 1. The largest absolute Gasteiger partial charge is 0.448 e. The van der Waals surface area contributed by atoms with Gasteiger partial charge in [0, 0.05) is 32.0 Å². The normalized spacial score (nSPS) is 16.6. The van der Waals surface area contributed by atoms with Gasteiger partial charge in [0.05, 0.1) is 6.33 Å². The number of aromatic nitrogens is 3. The molecule has 2 aromatic rings. The molecular weight excluding hydrogens is 256 g/mol. The highest BCUT2D eigenvalue weighted by atomic mass is 16.3.